The van der Waals surface area contributed by atoms with Crippen LogP contribution in [0.15, 0.2) is 54.6 Å². The molecule has 2 aromatic carbocycles. The van der Waals surface area contributed by atoms with Crippen molar-refractivity contribution in [2.75, 3.05) is 5.32 Å². The van der Waals surface area contributed by atoms with E-state index in [0.29, 0.717) is 22.4 Å². The normalized spacial score (nSPS) is 10.9. The molecule has 4 aromatic rings. The number of benzene rings is 2. The van der Waals surface area contributed by atoms with E-state index in [9.17, 15) is 9.59 Å². The number of thiophene rings is 1. The smallest absolute Gasteiger partial charge is 0.230 e. The number of anilines is 1. The average Bonchev–Trinajstić information content (AvgIpc) is 3.29. The Morgan fingerprint density at radius 3 is 2.65 bits per heavy atom. The van der Waals surface area contributed by atoms with Gasteiger partial charge < -0.3 is 10.6 Å². The Hall–Kier alpha value is -2.87. The van der Waals surface area contributed by atoms with Gasteiger partial charge in [-0.3, -0.25) is 14.7 Å². The number of carbonyl (C=O) groups is 2. The molecule has 0 radical (unpaired) electrons. The summed E-state index contributed by atoms with van der Waals surface area (Å²) in [5, 5.41) is 14.8. The van der Waals surface area contributed by atoms with Crippen LogP contribution in [0.25, 0.3) is 10.2 Å². The van der Waals surface area contributed by atoms with E-state index in [4.69, 9.17) is 23.2 Å². The van der Waals surface area contributed by atoms with Crippen molar-refractivity contribution in [3.63, 3.8) is 0 Å². The van der Waals surface area contributed by atoms with Crippen molar-refractivity contribution < 1.29 is 9.59 Å². The quantitative estimate of drug-likeness (QED) is 0.354. The van der Waals surface area contributed by atoms with Crippen molar-refractivity contribution in [1.29, 1.82) is 0 Å². The summed E-state index contributed by atoms with van der Waals surface area (Å²) in [6.07, 6.45) is 0.387. The fourth-order valence-corrected chi connectivity index (χ4v) is 4.52. The number of hydrogen-bond donors (Lipinski definition) is 3. The fourth-order valence-electron chi connectivity index (χ4n) is 3.11. The Kier molecular flexibility index (Phi) is 6.56. The summed E-state index contributed by atoms with van der Waals surface area (Å²) in [5.41, 5.74) is 1.69. The minimum atomic E-state index is -0.203. The Morgan fingerprint density at radius 2 is 1.84 bits per heavy atom. The van der Waals surface area contributed by atoms with Crippen molar-refractivity contribution >= 4 is 62.4 Å². The third kappa shape index (κ3) is 5.44. The third-order valence-electron chi connectivity index (χ3n) is 4.59. The zero-order chi connectivity index (χ0) is 21.8. The van der Waals surface area contributed by atoms with Gasteiger partial charge >= 0.3 is 0 Å². The highest BCUT2D eigenvalue weighted by Crippen LogP contribution is 2.29. The number of hydrogen-bond acceptors (Lipinski definition) is 4. The number of amides is 2. The highest BCUT2D eigenvalue weighted by atomic mass is 35.5. The lowest BCUT2D eigenvalue weighted by Crippen LogP contribution is -2.24. The van der Waals surface area contributed by atoms with Crippen LogP contribution < -0.4 is 10.6 Å². The van der Waals surface area contributed by atoms with E-state index in [0.717, 1.165) is 26.2 Å². The first-order valence-electron chi connectivity index (χ1n) is 9.49. The predicted molar refractivity (Wildman–Crippen MR) is 125 cm³/mol. The van der Waals surface area contributed by atoms with Crippen LogP contribution in [0.1, 0.15) is 16.0 Å². The summed E-state index contributed by atoms with van der Waals surface area (Å²) in [7, 11) is 0. The summed E-state index contributed by atoms with van der Waals surface area (Å²) in [5.74, 6) is 0.205. The standard InChI is InChI=1S/C22H18Cl2N4O2S/c23-15-6-3-4-13(8-15)12-25-19(29)11-16-10-17-21(27-28-22(17)31-16)26-20(30)9-14-5-1-2-7-18(14)24/h1-8,10H,9,11-12H2,(H,25,29)(H2,26,27,28,30). The van der Waals surface area contributed by atoms with Gasteiger partial charge in [0.15, 0.2) is 0 Å². The van der Waals surface area contributed by atoms with E-state index in [2.05, 4.69) is 20.8 Å². The topological polar surface area (TPSA) is 86.9 Å². The first-order chi connectivity index (χ1) is 15.0. The molecule has 6 nitrogen and oxygen atoms in total. The molecule has 0 aliphatic heterocycles. The van der Waals surface area contributed by atoms with Crippen LogP contribution in [0.5, 0.6) is 0 Å². The van der Waals surface area contributed by atoms with Crippen molar-refractivity contribution in [3.8, 4) is 0 Å². The maximum absolute atomic E-state index is 12.4. The largest absolute Gasteiger partial charge is 0.352 e. The molecule has 2 heterocycles. The van der Waals surface area contributed by atoms with Gasteiger partial charge in [0.05, 0.1) is 18.2 Å². The first kappa shape index (κ1) is 21.4. The summed E-state index contributed by atoms with van der Waals surface area (Å²) in [4.78, 5) is 26.3. The number of aromatic nitrogens is 2. The van der Waals surface area contributed by atoms with E-state index in [1.807, 2.05) is 42.5 Å². The highest BCUT2D eigenvalue weighted by molar-refractivity contribution is 7.18. The van der Waals surface area contributed by atoms with Gasteiger partial charge in [-0.15, -0.1) is 11.3 Å². The van der Waals surface area contributed by atoms with Crippen molar-refractivity contribution in [2.45, 2.75) is 19.4 Å². The van der Waals surface area contributed by atoms with Gasteiger partial charge in [-0.25, -0.2) is 0 Å². The van der Waals surface area contributed by atoms with Gasteiger partial charge in [0.1, 0.15) is 10.6 Å². The molecule has 0 saturated carbocycles. The molecule has 158 valence electrons. The number of nitrogens with one attached hydrogen (secondary N) is 3. The summed E-state index contributed by atoms with van der Waals surface area (Å²) < 4.78 is 0. The first-order valence-corrected chi connectivity index (χ1v) is 11.1. The molecule has 0 aliphatic rings. The van der Waals surface area contributed by atoms with Crippen molar-refractivity contribution in [3.05, 3.63) is 80.6 Å². The minimum Gasteiger partial charge on any atom is -0.352 e. The number of aromatic amines is 1. The number of rotatable bonds is 7. The van der Waals surface area contributed by atoms with Gasteiger partial charge in [0.25, 0.3) is 0 Å². The molecule has 2 amide bonds. The third-order valence-corrected chi connectivity index (χ3v) is 6.22. The highest BCUT2D eigenvalue weighted by Gasteiger charge is 2.15. The number of nitrogens with zero attached hydrogens (tertiary/aromatic N) is 1. The van der Waals surface area contributed by atoms with E-state index in [1.165, 1.54) is 11.3 Å². The molecule has 0 saturated heterocycles. The molecule has 3 N–H and O–H groups in total. The van der Waals surface area contributed by atoms with E-state index < -0.39 is 0 Å². The molecule has 4 rings (SSSR count). The average molecular weight is 473 g/mol. The van der Waals surface area contributed by atoms with E-state index in [1.54, 1.807) is 12.1 Å². The molecule has 0 bridgehead atoms. The van der Waals surface area contributed by atoms with Crippen LogP contribution in [0.3, 0.4) is 0 Å². The molecular weight excluding hydrogens is 455 g/mol. The second-order valence-electron chi connectivity index (χ2n) is 6.93. The molecular formula is C22H18Cl2N4O2S. The lowest BCUT2D eigenvalue weighted by atomic mass is 10.1. The summed E-state index contributed by atoms with van der Waals surface area (Å²) >= 11 is 13.5. The van der Waals surface area contributed by atoms with Gasteiger partial charge in [-0.05, 0) is 35.4 Å². The monoisotopic (exact) mass is 472 g/mol. The molecule has 0 aliphatic carbocycles. The second kappa shape index (κ2) is 9.51. The Morgan fingerprint density at radius 1 is 1.00 bits per heavy atom. The van der Waals surface area contributed by atoms with Crippen LogP contribution in [0.2, 0.25) is 10.0 Å². The molecule has 0 fully saturated rings. The molecule has 9 heteroatoms. The Balaban J connectivity index is 1.37. The van der Waals surface area contributed by atoms with Crippen LogP contribution in [-0.4, -0.2) is 22.0 Å². The van der Waals surface area contributed by atoms with Gasteiger partial charge in [-0.1, -0.05) is 53.5 Å². The summed E-state index contributed by atoms with van der Waals surface area (Å²) in [6, 6.07) is 16.5. The Labute approximate surface area is 192 Å². The van der Waals surface area contributed by atoms with Crippen LogP contribution in [0, 0.1) is 0 Å². The predicted octanol–water partition coefficient (Wildman–Crippen LogP) is 4.97. The maximum Gasteiger partial charge on any atom is 0.230 e. The van der Waals surface area contributed by atoms with Crippen molar-refractivity contribution in [2.24, 2.45) is 0 Å². The molecule has 0 atom stereocenters. The zero-order valence-electron chi connectivity index (χ0n) is 16.2. The molecule has 0 unspecified atom stereocenters. The van der Waals surface area contributed by atoms with E-state index >= 15 is 0 Å². The summed E-state index contributed by atoms with van der Waals surface area (Å²) in [6.45, 7) is 0.409. The number of carbonyl (C=O) groups excluding carboxylic acids is 2. The van der Waals surface area contributed by atoms with Crippen molar-refractivity contribution in [1.82, 2.24) is 15.5 Å². The zero-order valence-corrected chi connectivity index (χ0v) is 18.6. The second-order valence-corrected chi connectivity index (χ2v) is 8.89. The lowest BCUT2D eigenvalue weighted by Gasteiger charge is -2.05. The molecule has 2 aromatic heterocycles. The van der Waals surface area contributed by atoms with E-state index in [-0.39, 0.29) is 24.7 Å². The van der Waals surface area contributed by atoms with Gasteiger partial charge in [0, 0.05) is 21.5 Å². The lowest BCUT2D eigenvalue weighted by molar-refractivity contribution is -0.120. The fraction of sp³-hybridized carbons (Fsp3) is 0.136. The van der Waals surface area contributed by atoms with Gasteiger partial charge in [0.2, 0.25) is 11.8 Å². The Bertz CT molecular complexity index is 1250. The van der Waals surface area contributed by atoms with Crippen LogP contribution in [-0.2, 0) is 29.0 Å². The van der Waals surface area contributed by atoms with Gasteiger partial charge in [-0.2, -0.15) is 5.10 Å². The molecule has 0 spiro atoms. The van der Waals surface area contributed by atoms with Crippen LogP contribution >= 0.6 is 34.5 Å². The maximum atomic E-state index is 12.4. The number of H-pyrrole nitrogens is 1. The van der Waals surface area contributed by atoms with Crippen LogP contribution in [0.4, 0.5) is 5.82 Å². The number of fused-ring (bicyclic) bond motifs is 1. The molecule has 31 heavy (non-hydrogen) atoms. The SMILES string of the molecule is O=C(Cc1cc2c(NC(=O)Cc3ccccc3Cl)[nH]nc2s1)NCc1cccc(Cl)c1. The number of halogens is 2. The minimum absolute atomic E-state index is 0.0998.